The molecular weight excluding hydrogens is 148 g/mol. The zero-order valence-electron chi connectivity index (χ0n) is 6.22. The van der Waals surface area contributed by atoms with Crippen LogP contribution in [0, 0.1) is 0 Å². The van der Waals surface area contributed by atoms with E-state index in [9.17, 15) is 9.59 Å². The summed E-state index contributed by atoms with van der Waals surface area (Å²) < 4.78 is 4.46. The molecule has 0 aromatic heterocycles. The molecule has 1 fully saturated rings. The number of methoxy groups -OCH3 is 1. The minimum Gasteiger partial charge on any atom is -0.468 e. The van der Waals surface area contributed by atoms with Gasteiger partial charge in [0.2, 0.25) is 5.91 Å². The second-order valence-electron chi connectivity index (χ2n) is 2.26. The van der Waals surface area contributed by atoms with Gasteiger partial charge in [-0.2, -0.15) is 0 Å². The molecule has 62 valence electrons. The average Bonchev–Trinajstić information content (AvgIpc) is 2.03. The molecule has 0 aromatic rings. The number of hydrogen-bond donors (Lipinski definition) is 2. The monoisotopic (exact) mass is 158 g/mol. The molecule has 1 aliphatic rings. The first-order chi connectivity index (χ1) is 5.24. The number of hydrogen-bond acceptors (Lipinski definition) is 4. The van der Waals surface area contributed by atoms with E-state index in [0.29, 0.717) is 6.67 Å². The standard InChI is InChI=1S/C6H10N2O3/c1-11-6(10)4-2-5(9)8-3-7-4/h4,7H,2-3H2,1H3,(H,8,9). The van der Waals surface area contributed by atoms with Gasteiger partial charge in [0, 0.05) is 0 Å². The lowest BCUT2D eigenvalue weighted by Gasteiger charge is -2.21. The number of carbonyl (C=O) groups excluding carboxylic acids is 2. The third-order valence-corrected chi connectivity index (χ3v) is 1.51. The van der Waals surface area contributed by atoms with Crippen LogP contribution in [0.5, 0.6) is 0 Å². The highest BCUT2D eigenvalue weighted by Crippen LogP contribution is 1.97. The zero-order chi connectivity index (χ0) is 8.27. The fraction of sp³-hybridized carbons (Fsp3) is 0.667. The largest absolute Gasteiger partial charge is 0.468 e. The van der Waals surface area contributed by atoms with E-state index in [4.69, 9.17) is 0 Å². The van der Waals surface area contributed by atoms with Crippen LogP contribution in [-0.4, -0.2) is 31.7 Å². The van der Waals surface area contributed by atoms with Gasteiger partial charge in [-0.1, -0.05) is 0 Å². The first kappa shape index (κ1) is 8.00. The maximum atomic E-state index is 10.8. The summed E-state index contributed by atoms with van der Waals surface area (Å²) in [6, 6.07) is -0.478. The summed E-state index contributed by atoms with van der Waals surface area (Å²) in [6.07, 6.45) is 0.159. The Morgan fingerprint density at radius 2 is 2.45 bits per heavy atom. The van der Waals surface area contributed by atoms with Crippen molar-refractivity contribution in [2.24, 2.45) is 0 Å². The molecule has 1 heterocycles. The lowest BCUT2D eigenvalue weighted by molar-refractivity contribution is -0.146. The van der Waals surface area contributed by atoms with Crippen molar-refractivity contribution in [3.63, 3.8) is 0 Å². The molecule has 1 saturated heterocycles. The van der Waals surface area contributed by atoms with Crippen molar-refractivity contribution in [2.45, 2.75) is 12.5 Å². The van der Waals surface area contributed by atoms with Gasteiger partial charge >= 0.3 is 5.97 Å². The maximum absolute atomic E-state index is 10.8. The van der Waals surface area contributed by atoms with Crippen molar-refractivity contribution >= 4 is 11.9 Å². The predicted octanol–water partition coefficient (Wildman–Crippen LogP) is -1.40. The van der Waals surface area contributed by atoms with Crippen LogP contribution in [-0.2, 0) is 14.3 Å². The molecule has 0 aliphatic carbocycles. The fourth-order valence-electron chi connectivity index (χ4n) is 0.911. The van der Waals surface area contributed by atoms with Crippen LogP contribution in [0.4, 0.5) is 0 Å². The number of esters is 1. The molecule has 0 radical (unpaired) electrons. The van der Waals surface area contributed by atoms with Crippen molar-refractivity contribution in [3.8, 4) is 0 Å². The SMILES string of the molecule is COC(=O)C1CC(=O)NCN1. The number of nitrogens with one attached hydrogen (secondary N) is 2. The summed E-state index contributed by atoms with van der Waals surface area (Å²) in [5.41, 5.74) is 0. The van der Waals surface area contributed by atoms with E-state index in [1.165, 1.54) is 7.11 Å². The maximum Gasteiger partial charge on any atom is 0.323 e. The summed E-state index contributed by atoms with van der Waals surface area (Å²) >= 11 is 0. The number of ether oxygens (including phenoxy) is 1. The Kier molecular flexibility index (Phi) is 2.43. The molecule has 1 aliphatic heterocycles. The van der Waals surface area contributed by atoms with Crippen LogP contribution in [0.2, 0.25) is 0 Å². The summed E-state index contributed by atoms with van der Waals surface area (Å²) in [7, 11) is 1.30. The van der Waals surface area contributed by atoms with Crippen LogP contribution in [0.3, 0.4) is 0 Å². The highest BCUT2D eigenvalue weighted by atomic mass is 16.5. The second-order valence-corrected chi connectivity index (χ2v) is 2.26. The zero-order valence-corrected chi connectivity index (χ0v) is 6.22. The lowest BCUT2D eigenvalue weighted by atomic mass is 10.2. The Morgan fingerprint density at radius 1 is 1.73 bits per heavy atom. The minimum absolute atomic E-state index is 0.126. The number of amides is 1. The van der Waals surface area contributed by atoms with E-state index in [-0.39, 0.29) is 18.3 Å². The summed E-state index contributed by atoms with van der Waals surface area (Å²) in [5, 5.41) is 5.33. The van der Waals surface area contributed by atoms with Crippen LogP contribution in [0.1, 0.15) is 6.42 Å². The van der Waals surface area contributed by atoms with Gasteiger partial charge in [-0.3, -0.25) is 14.9 Å². The van der Waals surface area contributed by atoms with Crippen molar-refractivity contribution in [1.82, 2.24) is 10.6 Å². The molecule has 0 aromatic carbocycles. The Hall–Kier alpha value is -1.10. The third-order valence-electron chi connectivity index (χ3n) is 1.51. The van der Waals surface area contributed by atoms with E-state index in [0.717, 1.165) is 0 Å². The van der Waals surface area contributed by atoms with E-state index in [1.807, 2.05) is 0 Å². The Balaban J connectivity index is 2.45. The molecule has 1 atom stereocenters. The average molecular weight is 158 g/mol. The van der Waals surface area contributed by atoms with E-state index < -0.39 is 6.04 Å². The quantitative estimate of drug-likeness (QED) is 0.460. The van der Waals surface area contributed by atoms with E-state index in [2.05, 4.69) is 15.4 Å². The van der Waals surface area contributed by atoms with Gasteiger partial charge in [0.15, 0.2) is 0 Å². The first-order valence-corrected chi connectivity index (χ1v) is 3.32. The Labute approximate surface area is 64.1 Å². The Bertz CT molecular complexity index is 181. The molecule has 1 amide bonds. The van der Waals surface area contributed by atoms with Gasteiger partial charge < -0.3 is 10.1 Å². The lowest BCUT2D eigenvalue weighted by Crippen LogP contribution is -2.51. The summed E-state index contributed by atoms with van der Waals surface area (Å²) in [4.78, 5) is 21.6. The van der Waals surface area contributed by atoms with E-state index in [1.54, 1.807) is 0 Å². The fourth-order valence-corrected chi connectivity index (χ4v) is 0.911. The molecule has 5 heteroatoms. The van der Waals surface area contributed by atoms with Gasteiger partial charge in [0.05, 0.1) is 20.2 Å². The third kappa shape index (κ3) is 1.91. The van der Waals surface area contributed by atoms with Crippen molar-refractivity contribution in [1.29, 1.82) is 0 Å². The summed E-state index contributed by atoms with van der Waals surface area (Å²) in [6.45, 7) is 0.332. The highest BCUT2D eigenvalue weighted by molar-refractivity contribution is 5.86. The van der Waals surface area contributed by atoms with Crippen LogP contribution in [0.15, 0.2) is 0 Å². The van der Waals surface area contributed by atoms with Crippen LogP contribution >= 0.6 is 0 Å². The Morgan fingerprint density at radius 3 is 3.00 bits per heavy atom. The van der Waals surface area contributed by atoms with Gasteiger partial charge in [0.1, 0.15) is 6.04 Å². The van der Waals surface area contributed by atoms with Gasteiger partial charge in [0.25, 0.3) is 0 Å². The van der Waals surface area contributed by atoms with Crippen molar-refractivity contribution < 1.29 is 14.3 Å². The smallest absolute Gasteiger partial charge is 0.323 e. The van der Waals surface area contributed by atoms with Crippen molar-refractivity contribution in [2.75, 3.05) is 13.8 Å². The molecule has 0 spiro atoms. The van der Waals surface area contributed by atoms with Gasteiger partial charge in [-0.25, -0.2) is 0 Å². The predicted molar refractivity (Wildman–Crippen MR) is 36.6 cm³/mol. The highest BCUT2D eigenvalue weighted by Gasteiger charge is 2.25. The van der Waals surface area contributed by atoms with E-state index >= 15 is 0 Å². The molecular formula is C6H10N2O3. The molecule has 0 saturated carbocycles. The van der Waals surface area contributed by atoms with Gasteiger partial charge in [-0.05, 0) is 0 Å². The molecule has 1 unspecified atom stereocenters. The first-order valence-electron chi connectivity index (χ1n) is 3.32. The minimum atomic E-state index is -0.478. The number of rotatable bonds is 1. The second kappa shape index (κ2) is 3.34. The van der Waals surface area contributed by atoms with Crippen LogP contribution in [0.25, 0.3) is 0 Å². The normalized spacial score (nSPS) is 24.1. The molecule has 5 nitrogen and oxygen atoms in total. The van der Waals surface area contributed by atoms with Crippen LogP contribution < -0.4 is 10.6 Å². The molecule has 2 N–H and O–H groups in total. The molecule has 0 bridgehead atoms. The van der Waals surface area contributed by atoms with Gasteiger partial charge in [-0.15, -0.1) is 0 Å². The topological polar surface area (TPSA) is 67.4 Å². The molecule has 11 heavy (non-hydrogen) atoms. The summed E-state index contributed by atoms with van der Waals surface area (Å²) in [5.74, 6) is -0.515. The number of carbonyl (C=O) groups is 2. The van der Waals surface area contributed by atoms with Crippen molar-refractivity contribution in [3.05, 3.63) is 0 Å². The molecule has 1 rings (SSSR count).